The molecule has 1 heteroatoms. The van der Waals surface area contributed by atoms with E-state index in [-0.39, 0.29) is 0 Å². The number of nitrogens with one attached hydrogen (secondary N) is 1. The molecule has 0 saturated heterocycles. The zero-order valence-corrected chi connectivity index (χ0v) is 8.65. The Hall–Kier alpha value is -0.980. The van der Waals surface area contributed by atoms with Crippen molar-refractivity contribution in [2.24, 2.45) is 0 Å². The topological polar surface area (TPSA) is 15.8 Å². The van der Waals surface area contributed by atoms with Gasteiger partial charge in [-0.15, -0.1) is 0 Å². The van der Waals surface area contributed by atoms with Crippen LogP contribution in [0.4, 0.5) is 0 Å². The smallest absolute Gasteiger partial charge is 0.0228 e. The lowest BCUT2D eigenvalue weighted by molar-refractivity contribution is 0.854. The Morgan fingerprint density at radius 2 is 2.15 bits per heavy atom. The van der Waals surface area contributed by atoms with Crippen LogP contribution in [0.3, 0.4) is 0 Å². The predicted octanol–water partition coefficient (Wildman–Crippen LogP) is 3.41. The van der Waals surface area contributed by atoms with Crippen molar-refractivity contribution < 1.29 is 0 Å². The van der Waals surface area contributed by atoms with Crippen LogP contribution >= 0.6 is 0 Å². The molecule has 1 aliphatic rings. The molecular formula is C12H17N. The number of hydrogen-bond acceptors (Lipinski definition) is 0. The van der Waals surface area contributed by atoms with Crippen molar-refractivity contribution in [3.05, 3.63) is 28.6 Å². The first-order valence-electron chi connectivity index (χ1n) is 5.08. The molecular weight excluding hydrogens is 158 g/mol. The van der Waals surface area contributed by atoms with Gasteiger partial charge in [0, 0.05) is 11.4 Å². The summed E-state index contributed by atoms with van der Waals surface area (Å²) in [5.41, 5.74) is 5.75. The fourth-order valence-corrected chi connectivity index (χ4v) is 2.29. The fourth-order valence-electron chi connectivity index (χ4n) is 2.29. The van der Waals surface area contributed by atoms with Gasteiger partial charge in [0.25, 0.3) is 0 Å². The molecule has 0 saturated carbocycles. The van der Waals surface area contributed by atoms with E-state index in [1.807, 2.05) is 0 Å². The third-order valence-electron chi connectivity index (χ3n) is 2.78. The maximum absolute atomic E-state index is 3.50. The van der Waals surface area contributed by atoms with Crippen LogP contribution in [0.1, 0.15) is 48.7 Å². The predicted molar refractivity (Wildman–Crippen MR) is 57.0 cm³/mol. The molecule has 1 N–H and O–H groups in total. The molecule has 0 amide bonds. The van der Waals surface area contributed by atoms with Gasteiger partial charge in [0.1, 0.15) is 0 Å². The van der Waals surface area contributed by atoms with E-state index in [1.54, 1.807) is 0 Å². The van der Waals surface area contributed by atoms with Gasteiger partial charge in [0.15, 0.2) is 0 Å². The Bertz CT molecular complexity index is 342. The number of hydrogen-bond donors (Lipinski definition) is 1. The molecule has 1 aromatic rings. The van der Waals surface area contributed by atoms with E-state index in [2.05, 4.69) is 37.9 Å². The van der Waals surface area contributed by atoms with Crippen LogP contribution in [0.2, 0.25) is 0 Å². The molecule has 1 aliphatic carbocycles. The second-order valence-corrected chi connectivity index (χ2v) is 4.15. The number of aromatic amines is 1. The molecule has 1 nitrogen and oxygen atoms in total. The number of rotatable bonds is 1. The van der Waals surface area contributed by atoms with Crippen LogP contribution < -0.4 is 0 Å². The zero-order chi connectivity index (χ0) is 9.42. The van der Waals surface area contributed by atoms with Crippen molar-refractivity contribution in [3.63, 3.8) is 0 Å². The second-order valence-electron chi connectivity index (χ2n) is 4.15. The molecule has 1 aromatic heterocycles. The quantitative estimate of drug-likeness (QED) is 0.673. The molecule has 0 fully saturated rings. The number of aryl methyl sites for hydroxylation is 2. The molecule has 0 spiro atoms. The van der Waals surface area contributed by atoms with Crippen molar-refractivity contribution in [2.45, 2.75) is 39.5 Å². The molecule has 2 rings (SSSR count). The molecule has 70 valence electrons. The Morgan fingerprint density at radius 1 is 1.38 bits per heavy atom. The van der Waals surface area contributed by atoms with Crippen LogP contribution in [-0.2, 0) is 6.42 Å². The lowest BCUT2D eigenvalue weighted by Gasteiger charge is -2.09. The summed E-state index contributed by atoms with van der Waals surface area (Å²) in [6.45, 7) is 6.71. The highest BCUT2D eigenvalue weighted by Gasteiger charge is 2.16. The average Bonchev–Trinajstić information content (AvgIpc) is 2.39. The van der Waals surface area contributed by atoms with Crippen molar-refractivity contribution in [1.82, 2.24) is 4.98 Å². The van der Waals surface area contributed by atoms with Gasteiger partial charge in [-0.3, -0.25) is 0 Å². The highest BCUT2D eigenvalue weighted by molar-refractivity contribution is 5.61. The monoisotopic (exact) mass is 175 g/mol. The van der Waals surface area contributed by atoms with Gasteiger partial charge >= 0.3 is 0 Å². The third-order valence-corrected chi connectivity index (χ3v) is 2.78. The summed E-state index contributed by atoms with van der Waals surface area (Å²) in [5.74, 6) is 0.628. The molecule has 13 heavy (non-hydrogen) atoms. The van der Waals surface area contributed by atoms with Crippen molar-refractivity contribution in [2.75, 3.05) is 0 Å². The molecule has 0 unspecified atom stereocenters. The maximum atomic E-state index is 3.50. The minimum Gasteiger partial charge on any atom is -0.362 e. The highest BCUT2D eigenvalue weighted by atomic mass is 14.7. The molecule has 0 bridgehead atoms. The zero-order valence-electron chi connectivity index (χ0n) is 8.65. The van der Waals surface area contributed by atoms with Gasteiger partial charge in [-0.1, -0.05) is 26.0 Å². The average molecular weight is 175 g/mol. The van der Waals surface area contributed by atoms with Gasteiger partial charge in [0.05, 0.1) is 0 Å². The van der Waals surface area contributed by atoms with Gasteiger partial charge in [0.2, 0.25) is 0 Å². The molecule has 0 atom stereocenters. The van der Waals surface area contributed by atoms with E-state index in [1.165, 1.54) is 35.4 Å². The van der Waals surface area contributed by atoms with Crippen molar-refractivity contribution in [1.29, 1.82) is 0 Å². The summed E-state index contributed by atoms with van der Waals surface area (Å²) in [6.07, 6.45) is 6.92. The van der Waals surface area contributed by atoms with E-state index in [0.29, 0.717) is 5.92 Å². The molecule has 0 aromatic carbocycles. The third kappa shape index (κ3) is 1.32. The van der Waals surface area contributed by atoms with Crippen LogP contribution in [0, 0.1) is 6.92 Å². The van der Waals surface area contributed by atoms with E-state index in [9.17, 15) is 0 Å². The van der Waals surface area contributed by atoms with Crippen molar-refractivity contribution >= 4 is 6.08 Å². The van der Waals surface area contributed by atoms with E-state index in [4.69, 9.17) is 0 Å². The van der Waals surface area contributed by atoms with E-state index >= 15 is 0 Å². The SMILES string of the molecule is Cc1[nH]c2c(c1C(C)C)C=CCC2. The Balaban J connectivity index is 2.56. The van der Waals surface area contributed by atoms with Crippen LogP contribution in [0.5, 0.6) is 0 Å². The Labute approximate surface area is 79.9 Å². The number of H-pyrrole nitrogens is 1. The summed E-state index contributed by atoms with van der Waals surface area (Å²) < 4.78 is 0. The minimum atomic E-state index is 0.628. The number of allylic oxidation sites excluding steroid dienone is 1. The highest BCUT2D eigenvalue weighted by Crippen LogP contribution is 2.30. The molecule has 0 radical (unpaired) electrons. The normalized spacial score (nSPS) is 15.1. The summed E-state index contributed by atoms with van der Waals surface area (Å²) in [7, 11) is 0. The summed E-state index contributed by atoms with van der Waals surface area (Å²) >= 11 is 0. The van der Waals surface area contributed by atoms with E-state index < -0.39 is 0 Å². The number of fused-ring (bicyclic) bond motifs is 1. The summed E-state index contributed by atoms with van der Waals surface area (Å²) in [5, 5.41) is 0. The molecule has 1 heterocycles. The van der Waals surface area contributed by atoms with Gasteiger partial charge in [-0.2, -0.15) is 0 Å². The Kier molecular flexibility index (Phi) is 2.03. The first-order chi connectivity index (χ1) is 6.20. The summed E-state index contributed by atoms with van der Waals surface area (Å²) in [6, 6.07) is 0. The standard InChI is InChI=1S/C12H17N/c1-8(2)12-9(3)13-11-7-5-4-6-10(11)12/h4,6,8,13H,5,7H2,1-3H3. The Morgan fingerprint density at radius 3 is 2.85 bits per heavy atom. The van der Waals surface area contributed by atoms with Crippen LogP contribution in [0.15, 0.2) is 6.08 Å². The van der Waals surface area contributed by atoms with E-state index in [0.717, 1.165) is 0 Å². The number of aromatic nitrogens is 1. The first-order valence-corrected chi connectivity index (χ1v) is 5.08. The van der Waals surface area contributed by atoms with Crippen LogP contribution in [-0.4, -0.2) is 4.98 Å². The first kappa shape index (κ1) is 8.61. The second kappa shape index (κ2) is 3.06. The largest absolute Gasteiger partial charge is 0.362 e. The lowest BCUT2D eigenvalue weighted by atomic mass is 9.94. The van der Waals surface area contributed by atoms with Crippen LogP contribution in [0.25, 0.3) is 6.08 Å². The molecule has 0 aliphatic heterocycles. The van der Waals surface area contributed by atoms with Gasteiger partial charge in [-0.25, -0.2) is 0 Å². The van der Waals surface area contributed by atoms with Crippen molar-refractivity contribution in [3.8, 4) is 0 Å². The lowest BCUT2D eigenvalue weighted by Crippen LogP contribution is -1.95. The fraction of sp³-hybridized carbons (Fsp3) is 0.500. The minimum absolute atomic E-state index is 0.628. The van der Waals surface area contributed by atoms with Gasteiger partial charge < -0.3 is 4.98 Å². The van der Waals surface area contributed by atoms with Gasteiger partial charge in [-0.05, 0) is 36.8 Å². The maximum Gasteiger partial charge on any atom is 0.0228 e. The summed E-state index contributed by atoms with van der Waals surface area (Å²) in [4.78, 5) is 3.50.